The fraction of sp³-hybridized carbons (Fsp3) is 0.538. The van der Waals surface area contributed by atoms with Crippen LogP contribution in [0.25, 0.3) is 0 Å². The molecular weight excluding hydrogens is 186 g/mol. The lowest BCUT2D eigenvalue weighted by molar-refractivity contribution is 0.285. The molecule has 1 aliphatic rings. The van der Waals surface area contributed by atoms with Crippen molar-refractivity contribution in [2.24, 2.45) is 5.73 Å². The van der Waals surface area contributed by atoms with Gasteiger partial charge in [-0.15, -0.1) is 0 Å². The van der Waals surface area contributed by atoms with Crippen molar-refractivity contribution in [2.45, 2.75) is 38.6 Å². The molecule has 1 aromatic carbocycles. The molecule has 0 amide bonds. The number of fused-ring (bicyclic) bond motifs is 1. The predicted molar refractivity (Wildman–Crippen MR) is 62.2 cm³/mol. The van der Waals surface area contributed by atoms with Gasteiger partial charge in [0.2, 0.25) is 0 Å². The number of ether oxygens (including phenoxy) is 1. The molecule has 82 valence electrons. The van der Waals surface area contributed by atoms with E-state index in [1.807, 2.05) is 0 Å². The van der Waals surface area contributed by atoms with Crippen LogP contribution < -0.4 is 10.5 Å². The molecule has 2 N–H and O–H groups in total. The quantitative estimate of drug-likeness (QED) is 0.821. The third-order valence-electron chi connectivity index (χ3n) is 2.88. The lowest BCUT2D eigenvalue weighted by atomic mass is 9.98. The maximum absolute atomic E-state index is 5.78. The molecule has 1 heterocycles. The summed E-state index contributed by atoms with van der Waals surface area (Å²) in [7, 11) is 0. The number of rotatable bonds is 3. The molecule has 0 saturated heterocycles. The first-order chi connectivity index (χ1) is 7.27. The van der Waals surface area contributed by atoms with Crippen LogP contribution in [0.2, 0.25) is 0 Å². The van der Waals surface area contributed by atoms with Crippen LogP contribution in [0, 0.1) is 0 Å². The van der Waals surface area contributed by atoms with Gasteiger partial charge in [-0.2, -0.15) is 0 Å². The smallest absolute Gasteiger partial charge is 0.125 e. The van der Waals surface area contributed by atoms with Crippen LogP contribution in [0.3, 0.4) is 0 Å². The van der Waals surface area contributed by atoms with Gasteiger partial charge in [0.25, 0.3) is 0 Å². The molecule has 0 fully saturated rings. The van der Waals surface area contributed by atoms with Gasteiger partial charge in [0.15, 0.2) is 0 Å². The second kappa shape index (κ2) is 4.67. The van der Waals surface area contributed by atoms with Crippen LogP contribution >= 0.6 is 0 Å². The molecule has 2 nitrogen and oxygen atoms in total. The lowest BCUT2D eigenvalue weighted by Crippen LogP contribution is -2.16. The van der Waals surface area contributed by atoms with Gasteiger partial charge < -0.3 is 10.5 Å². The average molecular weight is 205 g/mol. The van der Waals surface area contributed by atoms with E-state index < -0.39 is 0 Å². The SMILES string of the molecule is CC(N)CCc1cccc2c1OCCC2. The second-order valence-corrected chi connectivity index (χ2v) is 4.37. The molecule has 1 atom stereocenters. The normalized spacial score (nSPS) is 16.7. The van der Waals surface area contributed by atoms with E-state index in [2.05, 4.69) is 25.1 Å². The molecule has 0 aromatic heterocycles. The summed E-state index contributed by atoms with van der Waals surface area (Å²) < 4.78 is 5.75. The van der Waals surface area contributed by atoms with Crippen LogP contribution in [0.15, 0.2) is 18.2 Å². The predicted octanol–water partition coefficient (Wildman–Crippen LogP) is 2.29. The number of para-hydroxylation sites is 1. The molecule has 0 saturated carbocycles. The van der Waals surface area contributed by atoms with E-state index in [-0.39, 0.29) is 6.04 Å². The minimum absolute atomic E-state index is 0.268. The van der Waals surface area contributed by atoms with Crippen molar-refractivity contribution in [3.8, 4) is 5.75 Å². The third-order valence-corrected chi connectivity index (χ3v) is 2.88. The third kappa shape index (κ3) is 2.51. The van der Waals surface area contributed by atoms with Crippen LogP contribution in [0.1, 0.15) is 30.9 Å². The molecule has 2 heteroatoms. The summed E-state index contributed by atoms with van der Waals surface area (Å²) >= 11 is 0. The standard InChI is InChI=1S/C13H19NO/c1-10(14)7-8-12-5-2-4-11-6-3-9-15-13(11)12/h2,4-5,10H,3,6-9,14H2,1H3. The van der Waals surface area contributed by atoms with E-state index in [1.165, 1.54) is 11.1 Å². The van der Waals surface area contributed by atoms with Gasteiger partial charge in [0, 0.05) is 6.04 Å². The van der Waals surface area contributed by atoms with Crippen LogP contribution in [-0.2, 0) is 12.8 Å². The summed E-state index contributed by atoms with van der Waals surface area (Å²) in [5, 5.41) is 0. The van der Waals surface area contributed by atoms with Gasteiger partial charge in [-0.1, -0.05) is 18.2 Å². The zero-order valence-electron chi connectivity index (χ0n) is 9.33. The van der Waals surface area contributed by atoms with Gasteiger partial charge in [-0.25, -0.2) is 0 Å². The van der Waals surface area contributed by atoms with Gasteiger partial charge >= 0.3 is 0 Å². The summed E-state index contributed by atoms with van der Waals surface area (Å²) in [6, 6.07) is 6.73. The van der Waals surface area contributed by atoms with Crippen molar-refractivity contribution < 1.29 is 4.74 Å². The van der Waals surface area contributed by atoms with E-state index in [4.69, 9.17) is 10.5 Å². The molecule has 0 spiro atoms. The van der Waals surface area contributed by atoms with Crippen LogP contribution in [0.4, 0.5) is 0 Å². The molecule has 15 heavy (non-hydrogen) atoms. The van der Waals surface area contributed by atoms with E-state index in [9.17, 15) is 0 Å². The molecule has 0 bridgehead atoms. The summed E-state index contributed by atoms with van der Waals surface area (Å²) in [6.07, 6.45) is 4.35. The zero-order chi connectivity index (χ0) is 10.7. The Balaban J connectivity index is 2.16. The second-order valence-electron chi connectivity index (χ2n) is 4.37. The Bertz CT molecular complexity index is 333. The Kier molecular flexibility index (Phi) is 3.27. The molecule has 0 radical (unpaired) electrons. The maximum Gasteiger partial charge on any atom is 0.125 e. The Labute approximate surface area is 91.4 Å². The zero-order valence-corrected chi connectivity index (χ0v) is 9.33. The first kappa shape index (κ1) is 10.5. The fourth-order valence-electron chi connectivity index (χ4n) is 2.04. The molecule has 2 rings (SSSR count). The highest BCUT2D eigenvalue weighted by atomic mass is 16.5. The molecule has 0 aliphatic carbocycles. The van der Waals surface area contributed by atoms with Crippen LogP contribution in [-0.4, -0.2) is 12.6 Å². The lowest BCUT2D eigenvalue weighted by Gasteiger charge is -2.20. The topological polar surface area (TPSA) is 35.2 Å². The summed E-state index contributed by atoms with van der Waals surface area (Å²) in [6.45, 7) is 2.92. The first-order valence-electron chi connectivity index (χ1n) is 5.76. The number of nitrogens with two attached hydrogens (primary N) is 1. The number of hydrogen-bond donors (Lipinski definition) is 1. The number of benzene rings is 1. The van der Waals surface area contributed by atoms with Gasteiger partial charge in [0.05, 0.1) is 6.61 Å². The summed E-state index contributed by atoms with van der Waals surface area (Å²) in [5.41, 5.74) is 8.46. The largest absolute Gasteiger partial charge is 0.493 e. The molecular formula is C13H19NO. The monoisotopic (exact) mass is 205 g/mol. The first-order valence-corrected chi connectivity index (χ1v) is 5.76. The number of hydrogen-bond acceptors (Lipinski definition) is 2. The molecule has 1 unspecified atom stereocenters. The Hall–Kier alpha value is -1.02. The molecule has 1 aromatic rings. The fourth-order valence-corrected chi connectivity index (χ4v) is 2.04. The van der Waals surface area contributed by atoms with Crippen molar-refractivity contribution in [1.29, 1.82) is 0 Å². The van der Waals surface area contributed by atoms with E-state index in [0.29, 0.717) is 0 Å². The minimum Gasteiger partial charge on any atom is -0.493 e. The van der Waals surface area contributed by atoms with E-state index in [1.54, 1.807) is 0 Å². The van der Waals surface area contributed by atoms with Gasteiger partial charge in [-0.05, 0) is 43.7 Å². The van der Waals surface area contributed by atoms with Crippen LogP contribution in [0.5, 0.6) is 5.75 Å². The summed E-state index contributed by atoms with van der Waals surface area (Å²) in [4.78, 5) is 0. The van der Waals surface area contributed by atoms with Crippen molar-refractivity contribution in [3.05, 3.63) is 29.3 Å². The van der Waals surface area contributed by atoms with Gasteiger partial charge in [0.1, 0.15) is 5.75 Å². The highest BCUT2D eigenvalue weighted by molar-refractivity contribution is 5.42. The Morgan fingerprint density at radius 2 is 2.33 bits per heavy atom. The van der Waals surface area contributed by atoms with Crippen molar-refractivity contribution in [1.82, 2.24) is 0 Å². The minimum atomic E-state index is 0.268. The van der Waals surface area contributed by atoms with Crippen molar-refractivity contribution in [3.63, 3.8) is 0 Å². The van der Waals surface area contributed by atoms with Crippen molar-refractivity contribution >= 4 is 0 Å². The molecule has 1 aliphatic heterocycles. The number of aryl methyl sites for hydroxylation is 2. The summed E-state index contributed by atoms with van der Waals surface area (Å²) in [5.74, 6) is 1.13. The highest BCUT2D eigenvalue weighted by Gasteiger charge is 2.13. The highest BCUT2D eigenvalue weighted by Crippen LogP contribution is 2.29. The van der Waals surface area contributed by atoms with E-state index in [0.717, 1.165) is 38.0 Å². The van der Waals surface area contributed by atoms with Crippen molar-refractivity contribution in [2.75, 3.05) is 6.61 Å². The average Bonchev–Trinajstić information content (AvgIpc) is 2.26. The Morgan fingerprint density at radius 1 is 1.47 bits per heavy atom. The van der Waals surface area contributed by atoms with Gasteiger partial charge in [-0.3, -0.25) is 0 Å². The maximum atomic E-state index is 5.78. The Morgan fingerprint density at radius 3 is 3.13 bits per heavy atom. The van der Waals surface area contributed by atoms with E-state index >= 15 is 0 Å².